The van der Waals surface area contributed by atoms with Gasteiger partial charge in [-0.15, -0.1) is 0 Å². The van der Waals surface area contributed by atoms with Crippen LogP contribution in [0, 0.1) is 0 Å². The van der Waals surface area contributed by atoms with Gasteiger partial charge in [0, 0.05) is 6.54 Å². The molecule has 0 atom stereocenters. The van der Waals surface area contributed by atoms with Crippen LogP contribution in [-0.4, -0.2) is 24.1 Å². The second-order valence-electron chi connectivity index (χ2n) is 7.91. The van der Waals surface area contributed by atoms with Crippen LogP contribution in [0.5, 0.6) is 5.75 Å². The molecule has 2 nitrogen and oxygen atoms in total. The van der Waals surface area contributed by atoms with Crippen LogP contribution in [0.1, 0.15) is 63.4 Å². The summed E-state index contributed by atoms with van der Waals surface area (Å²) in [6.45, 7) is 3.61. The standard InChI is InChI=1S/C23H31NO/c1-2-5-9-22(8-4-1)25-23-13-12-20-16-19(10-11-21(20)17-23)18-24-14-6-3-7-15-24/h10-13,16-17,22H,1-9,14-15,18H2. The van der Waals surface area contributed by atoms with Crippen molar-refractivity contribution < 1.29 is 4.74 Å². The van der Waals surface area contributed by atoms with E-state index in [4.69, 9.17) is 4.74 Å². The third-order valence-corrected chi connectivity index (χ3v) is 5.84. The van der Waals surface area contributed by atoms with Crippen molar-refractivity contribution in [2.75, 3.05) is 13.1 Å². The zero-order valence-electron chi connectivity index (χ0n) is 15.4. The molecule has 1 aliphatic carbocycles. The van der Waals surface area contributed by atoms with Gasteiger partial charge in [-0.1, -0.05) is 37.5 Å². The first kappa shape index (κ1) is 16.9. The van der Waals surface area contributed by atoms with Crippen LogP contribution in [0.3, 0.4) is 0 Å². The smallest absolute Gasteiger partial charge is 0.120 e. The number of benzene rings is 2. The largest absolute Gasteiger partial charge is 0.490 e. The van der Waals surface area contributed by atoms with Gasteiger partial charge >= 0.3 is 0 Å². The third-order valence-electron chi connectivity index (χ3n) is 5.84. The molecule has 2 aromatic rings. The third kappa shape index (κ3) is 4.55. The van der Waals surface area contributed by atoms with E-state index in [1.54, 1.807) is 0 Å². The first-order chi connectivity index (χ1) is 12.4. The summed E-state index contributed by atoms with van der Waals surface area (Å²) < 4.78 is 6.29. The van der Waals surface area contributed by atoms with E-state index in [0.29, 0.717) is 6.10 Å². The summed E-state index contributed by atoms with van der Waals surface area (Å²) in [4.78, 5) is 2.59. The van der Waals surface area contributed by atoms with Crippen LogP contribution in [0.15, 0.2) is 36.4 Å². The molecule has 0 amide bonds. The Morgan fingerprint density at radius 3 is 2.24 bits per heavy atom. The van der Waals surface area contributed by atoms with Gasteiger partial charge in [0.1, 0.15) is 5.75 Å². The summed E-state index contributed by atoms with van der Waals surface area (Å²) in [5, 5.41) is 2.64. The molecule has 25 heavy (non-hydrogen) atoms. The number of fused-ring (bicyclic) bond motifs is 1. The number of rotatable bonds is 4. The van der Waals surface area contributed by atoms with Gasteiger partial charge in [-0.3, -0.25) is 4.90 Å². The summed E-state index contributed by atoms with van der Waals surface area (Å²) >= 11 is 0. The number of ether oxygens (including phenoxy) is 1. The first-order valence-electron chi connectivity index (χ1n) is 10.3. The van der Waals surface area contributed by atoms with E-state index < -0.39 is 0 Å². The number of nitrogens with zero attached hydrogens (tertiary/aromatic N) is 1. The molecule has 0 aromatic heterocycles. The van der Waals surface area contributed by atoms with Gasteiger partial charge < -0.3 is 4.74 Å². The maximum atomic E-state index is 6.29. The van der Waals surface area contributed by atoms with E-state index >= 15 is 0 Å². The van der Waals surface area contributed by atoms with E-state index in [-0.39, 0.29) is 0 Å². The Hall–Kier alpha value is -1.54. The molecule has 2 aromatic carbocycles. The van der Waals surface area contributed by atoms with Gasteiger partial charge in [-0.2, -0.15) is 0 Å². The van der Waals surface area contributed by atoms with Gasteiger partial charge in [-0.05, 0) is 86.1 Å². The Morgan fingerprint density at radius 2 is 1.44 bits per heavy atom. The lowest BCUT2D eigenvalue weighted by Crippen LogP contribution is -2.29. The van der Waals surface area contributed by atoms with E-state index in [9.17, 15) is 0 Å². The number of likely N-dealkylation sites (tertiary alicyclic amines) is 1. The van der Waals surface area contributed by atoms with Crippen molar-refractivity contribution in [1.82, 2.24) is 4.90 Å². The van der Waals surface area contributed by atoms with Crippen molar-refractivity contribution in [3.05, 3.63) is 42.0 Å². The van der Waals surface area contributed by atoms with E-state index in [1.807, 2.05) is 0 Å². The van der Waals surface area contributed by atoms with Crippen LogP contribution in [0.4, 0.5) is 0 Å². The Balaban J connectivity index is 1.44. The number of piperidine rings is 1. The lowest BCUT2D eigenvalue weighted by atomic mass is 10.0. The normalized spacial score (nSPS) is 20.5. The maximum Gasteiger partial charge on any atom is 0.120 e. The van der Waals surface area contributed by atoms with E-state index in [0.717, 1.165) is 12.3 Å². The Labute approximate surface area is 152 Å². The van der Waals surface area contributed by atoms with Crippen LogP contribution < -0.4 is 4.74 Å². The van der Waals surface area contributed by atoms with Gasteiger partial charge in [0.2, 0.25) is 0 Å². The fourth-order valence-corrected chi connectivity index (χ4v) is 4.37. The molecule has 0 N–H and O–H groups in total. The van der Waals surface area contributed by atoms with E-state index in [2.05, 4.69) is 41.3 Å². The fourth-order valence-electron chi connectivity index (χ4n) is 4.37. The predicted octanol–water partition coefficient (Wildman–Crippen LogP) is 5.93. The lowest BCUT2D eigenvalue weighted by molar-refractivity contribution is 0.184. The van der Waals surface area contributed by atoms with Gasteiger partial charge in [0.15, 0.2) is 0 Å². The van der Waals surface area contributed by atoms with Gasteiger partial charge in [0.05, 0.1) is 6.10 Å². The van der Waals surface area contributed by atoms with Crippen molar-refractivity contribution in [3.63, 3.8) is 0 Å². The maximum absolute atomic E-state index is 6.29. The molecule has 2 heteroatoms. The zero-order chi connectivity index (χ0) is 16.9. The fraction of sp³-hybridized carbons (Fsp3) is 0.565. The first-order valence-corrected chi connectivity index (χ1v) is 10.3. The molecule has 2 fully saturated rings. The summed E-state index contributed by atoms with van der Waals surface area (Å²) in [6.07, 6.45) is 12.3. The molecule has 1 aliphatic heterocycles. The molecule has 0 unspecified atom stereocenters. The summed E-state index contributed by atoms with van der Waals surface area (Å²) in [5.41, 5.74) is 1.44. The topological polar surface area (TPSA) is 12.5 Å². The van der Waals surface area contributed by atoms with Crippen LogP contribution >= 0.6 is 0 Å². The highest BCUT2D eigenvalue weighted by molar-refractivity contribution is 5.84. The van der Waals surface area contributed by atoms with Crippen molar-refractivity contribution in [3.8, 4) is 5.75 Å². The monoisotopic (exact) mass is 337 g/mol. The zero-order valence-corrected chi connectivity index (χ0v) is 15.4. The highest BCUT2D eigenvalue weighted by Crippen LogP contribution is 2.27. The number of hydrogen-bond acceptors (Lipinski definition) is 2. The molecule has 1 saturated carbocycles. The molecule has 2 aliphatic rings. The Morgan fingerprint density at radius 1 is 0.760 bits per heavy atom. The van der Waals surface area contributed by atoms with Gasteiger partial charge in [0.25, 0.3) is 0 Å². The highest BCUT2D eigenvalue weighted by Gasteiger charge is 2.14. The van der Waals surface area contributed by atoms with E-state index in [1.165, 1.54) is 87.2 Å². The SMILES string of the molecule is c1cc2cc(OC3CCCCCC3)ccc2cc1CN1CCCCC1. The summed E-state index contributed by atoms with van der Waals surface area (Å²) in [7, 11) is 0. The van der Waals surface area contributed by atoms with Crippen molar-refractivity contribution in [1.29, 1.82) is 0 Å². The lowest BCUT2D eigenvalue weighted by Gasteiger charge is -2.26. The molecule has 1 saturated heterocycles. The molecule has 0 radical (unpaired) electrons. The molecule has 1 heterocycles. The quantitative estimate of drug-likeness (QED) is 0.641. The van der Waals surface area contributed by atoms with Crippen LogP contribution in [-0.2, 0) is 6.54 Å². The van der Waals surface area contributed by atoms with Crippen molar-refractivity contribution in [2.24, 2.45) is 0 Å². The Kier molecular flexibility index (Phi) is 5.56. The average Bonchev–Trinajstić information content (AvgIpc) is 2.91. The minimum Gasteiger partial charge on any atom is -0.490 e. The second-order valence-corrected chi connectivity index (χ2v) is 7.91. The molecular formula is C23H31NO. The second kappa shape index (κ2) is 8.23. The number of hydrogen-bond donors (Lipinski definition) is 0. The highest BCUT2D eigenvalue weighted by atomic mass is 16.5. The average molecular weight is 338 g/mol. The predicted molar refractivity (Wildman–Crippen MR) is 105 cm³/mol. The van der Waals surface area contributed by atoms with Crippen molar-refractivity contribution in [2.45, 2.75) is 70.4 Å². The minimum atomic E-state index is 0.415. The minimum absolute atomic E-state index is 0.415. The van der Waals surface area contributed by atoms with Crippen molar-refractivity contribution >= 4 is 10.8 Å². The summed E-state index contributed by atoms with van der Waals surface area (Å²) in [6, 6.07) is 13.6. The molecule has 0 bridgehead atoms. The molecular weight excluding hydrogens is 306 g/mol. The molecule has 134 valence electrons. The summed E-state index contributed by atoms with van der Waals surface area (Å²) in [5.74, 6) is 1.04. The van der Waals surface area contributed by atoms with Crippen LogP contribution in [0.2, 0.25) is 0 Å². The molecule has 0 spiro atoms. The Bertz CT molecular complexity index is 682. The van der Waals surface area contributed by atoms with Gasteiger partial charge in [-0.25, -0.2) is 0 Å². The molecule has 4 rings (SSSR count). The van der Waals surface area contributed by atoms with Crippen LogP contribution in [0.25, 0.3) is 10.8 Å².